The highest BCUT2D eigenvalue weighted by Gasteiger charge is 2.26. The van der Waals surface area contributed by atoms with Gasteiger partial charge in [0.1, 0.15) is 28.5 Å². The van der Waals surface area contributed by atoms with Crippen molar-refractivity contribution in [1.82, 2.24) is 0 Å². The Bertz CT molecular complexity index is 873. The van der Waals surface area contributed by atoms with Crippen molar-refractivity contribution in [3.8, 4) is 17.2 Å². The third-order valence-corrected chi connectivity index (χ3v) is 3.56. The Morgan fingerprint density at radius 2 is 1.85 bits per heavy atom. The second kappa shape index (κ2) is 7.53. The summed E-state index contributed by atoms with van der Waals surface area (Å²) >= 11 is 0. The molecular weight excluding hydrogens is 352 g/mol. The number of benzene rings is 2. The molecule has 0 aliphatic rings. The standard InChI is InChI=1S/C19H22N2O6/c1-12-10-13(22)6-9-17(12)26-14-7-8-15(21(24)25)16(11-14)20(5)18(23)27-19(2,3)4/h6-11,22H,1-5H3. The molecule has 0 fully saturated rings. The third-order valence-electron chi connectivity index (χ3n) is 3.56. The lowest BCUT2D eigenvalue weighted by Gasteiger charge is -2.24. The highest BCUT2D eigenvalue weighted by atomic mass is 16.6. The largest absolute Gasteiger partial charge is 0.508 e. The monoisotopic (exact) mass is 374 g/mol. The maximum atomic E-state index is 12.3. The summed E-state index contributed by atoms with van der Waals surface area (Å²) in [5.74, 6) is 0.890. The number of hydrogen-bond acceptors (Lipinski definition) is 6. The van der Waals surface area contributed by atoms with Gasteiger partial charge in [0.25, 0.3) is 5.69 Å². The molecule has 0 heterocycles. The lowest BCUT2D eigenvalue weighted by atomic mass is 10.2. The Labute approximate surface area is 157 Å². The highest BCUT2D eigenvalue weighted by Crippen LogP contribution is 2.35. The molecule has 0 atom stereocenters. The molecule has 1 amide bonds. The van der Waals surface area contributed by atoms with E-state index < -0.39 is 16.6 Å². The van der Waals surface area contributed by atoms with E-state index in [9.17, 15) is 20.0 Å². The summed E-state index contributed by atoms with van der Waals surface area (Å²) in [6, 6.07) is 8.70. The number of hydrogen-bond donors (Lipinski definition) is 1. The molecule has 0 spiro atoms. The van der Waals surface area contributed by atoms with E-state index in [0.717, 1.165) is 4.90 Å². The van der Waals surface area contributed by atoms with Gasteiger partial charge < -0.3 is 14.6 Å². The summed E-state index contributed by atoms with van der Waals surface area (Å²) < 4.78 is 11.0. The van der Waals surface area contributed by atoms with Crippen LogP contribution in [0.25, 0.3) is 0 Å². The second-order valence-corrected chi connectivity index (χ2v) is 7.00. The maximum Gasteiger partial charge on any atom is 0.414 e. The molecular formula is C19H22N2O6. The minimum absolute atomic E-state index is 0.0446. The number of phenolic OH excluding ortho intramolecular Hbond substituents is 1. The Kier molecular flexibility index (Phi) is 5.58. The maximum absolute atomic E-state index is 12.3. The number of ether oxygens (including phenoxy) is 2. The van der Waals surface area contributed by atoms with Crippen LogP contribution in [0.5, 0.6) is 17.2 Å². The zero-order valence-electron chi connectivity index (χ0n) is 15.8. The van der Waals surface area contributed by atoms with Gasteiger partial charge in [-0.1, -0.05) is 0 Å². The van der Waals surface area contributed by atoms with Crippen molar-refractivity contribution in [2.75, 3.05) is 11.9 Å². The van der Waals surface area contributed by atoms with Crippen molar-refractivity contribution in [2.45, 2.75) is 33.3 Å². The molecule has 0 aliphatic carbocycles. The SMILES string of the molecule is Cc1cc(O)ccc1Oc1ccc([N+](=O)[O-])c(N(C)C(=O)OC(C)(C)C)c1. The fraction of sp³-hybridized carbons (Fsp3) is 0.316. The zero-order chi connectivity index (χ0) is 20.4. The van der Waals surface area contributed by atoms with Crippen molar-refractivity contribution >= 4 is 17.5 Å². The molecule has 0 saturated heterocycles. The molecule has 2 rings (SSSR count). The molecule has 144 valence electrons. The van der Waals surface area contributed by atoms with Crippen molar-refractivity contribution in [1.29, 1.82) is 0 Å². The van der Waals surface area contributed by atoms with E-state index >= 15 is 0 Å². The predicted octanol–water partition coefficient (Wildman–Crippen LogP) is 4.77. The van der Waals surface area contributed by atoms with Crippen molar-refractivity contribution in [2.24, 2.45) is 0 Å². The van der Waals surface area contributed by atoms with Gasteiger partial charge in [0.2, 0.25) is 0 Å². The van der Waals surface area contributed by atoms with Gasteiger partial charge in [-0.05, 0) is 57.5 Å². The molecule has 8 heteroatoms. The third kappa shape index (κ3) is 5.10. The number of phenols is 1. The van der Waals surface area contributed by atoms with E-state index in [-0.39, 0.29) is 17.1 Å². The zero-order valence-corrected chi connectivity index (χ0v) is 15.8. The number of carbonyl (C=O) groups excluding carboxylic acids is 1. The number of nitro benzene ring substituents is 1. The number of aromatic hydroxyl groups is 1. The first kappa shape index (κ1) is 20.0. The molecule has 2 aromatic rings. The summed E-state index contributed by atoms with van der Waals surface area (Å²) in [6.07, 6.45) is -0.719. The van der Waals surface area contributed by atoms with Crippen LogP contribution in [0, 0.1) is 17.0 Å². The number of amides is 1. The normalized spacial score (nSPS) is 11.0. The van der Waals surface area contributed by atoms with Crippen LogP contribution in [0.15, 0.2) is 36.4 Å². The molecule has 0 saturated carbocycles. The Balaban J connectivity index is 2.38. The van der Waals surface area contributed by atoms with E-state index in [1.807, 2.05) is 0 Å². The van der Waals surface area contributed by atoms with Crippen LogP contribution in [0.3, 0.4) is 0 Å². The first-order valence-corrected chi connectivity index (χ1v) is 8.20. The van der Waals surface area contributed by atoms with Gasteiger partial charge in [-0.3, -0.25) is 15.0 Å². The van der Waals surface area contributed by atoms with Crippen LogP contribution < -0.4 is 9.64 Å². The smallest absolute Gasteiger partial charge is 0.414 e. The lowest BCUT2D eigenvalue weighted by Crippen LogP contribution is -2.34. The van der Waals surface area contributed by atoms with Gasteiger partial charge in [0.05, 0.1) is 4.92 Å². The Morgan fingerprint density at radius 3 is 2.41 bits per heavy atom. The first-order valence-electron chi connectivity index (χ1n) is 8.20. The van der Waals surface area contributed by atoms with Crippen LogP contribution in [0.2, 0.25) is 0 Å². The van der Waals surface area contributed by atoms with Gasteiger partial charge in [0, 0.05) is 19.2 Å². The fourth-order valence-corrected chi connectivity index (χ4v) is 2.29. The van der Waals surface area contributed by atoms with Gasteiger partial charge in [-0.25, -0.2) is 4.79 Å². The van der Waals surface area contributed by atoms with Gasteiger partial charge in [-0.15, -0.1) is 0 Å². The van der Waals surface area contributed by atoms with Crippen LogP contribution in [-0.2, 0) is 4.74 Å². The average Bonchev–Trinajstić information content (AvgIpc) is 2.55. The average molecular weight is 374 g/mol. The summed E-state index contributed by atoms with van der Waals surface area (Å²) in [6.45, 7) is 6.88. The van der Waals surface area contributed by atoms with Crippen LogP contribution in [0.1, 0.15) is 26.3 Å². The quantitative estimate of drug-likeness (QED) is 0.611. The van der Waals surface area contributed by atoms with Crippen LogP contribution in [0.4, 0.5) is 16.2 Å². The minimum atomic E-state index is -0.739. The van der Waals surface area contributed by atoms with Crippen LogP contribution >= 0.6 is 0 Å². The molecule has 8 nitrogen and oxygen atoms in total. The number of anilines is 1. The topological polar surface area (TPSA) is 102 Å². The Hall–Kier alpha value is -3.29. The summed E-state index contributed by atoms with van der Waals surface area (Å²) in [5, 5.41) is 20.8. The predicted molar refractivity (Wildman–Crippen MR) is 101 cm³/mol. The fourth-order valence-electron chi connectivity index (χ4n) is 2.29. The van der Waals surface area contributed by atoms with Gasteiger partial charge in [0.15, 0.2) is 0 Å². The van der Waals surface area contributed by atoms with Crippen molar-refractivity contribution in [3.63, 3.8) is 0 Å². The van der Waals surface area contributed by atoms with E-state index in [1.165, 1.54) is 37.4 Å². The van der Waals surface area contributed by atoms with E-state index in [1.54, 1.807) is 33.8 Å². The summed E-state index contributed by atoms with van der Waals surface area (Å²) in [5.41, 5.74) is -0.256. The number of rotatable bonds is 4. The molecule has 0 aromatic heterocycles. The lowest BCUT2D eigenvalue weighted by molar-refractivity contribution is -0.384. The van der Waals surface area contributed by atoms with Crippen molar-refractivity contribution in [3.05, 3.63) is 52.1 Å². The first-order chi connectivity index (χ1) is 12.5. The molecule has 0 bridgehead atoms. The Morgan fingerprint density at radius 1 is 1.19 bits per heavy atom. The van der Waals surface area contributed by atoms with Gasteiger partial charge >= 0.3 is 6.09 Å². The molecule has 2 aromatic carbocycles. The molecule has 0 radical (unpaired) electrons. The van der Waals surface area contributed by atoms with Crippen LogP contribution in [-0.4, -0.2) is 28.8 Å². The molecule has 27 heavy (non-hydrogen) atoms. The minimum Gasteiger partial charge on any atom is -0.508 e. The summed E-state index contributed by atoms with van der Waals surface area (Å²) in [7, 11) is 1.39. The molecule has 1 N–H and O–H groups in total. The number of nitrogens with zero attached hydrogens (tertiary/aromatic N) is 2. The van der Waals surface area contributed by atoms with Gasteiger partial charge in [-0.2, -0.15) is 0 Å². The van der Waals surface area contributed by atoms with E-state index in [0.29, 0.717) is 17.1 Å². The number of carbonyl (C=O) groups is 1. The molecule has 0 unspecified atom stereocenters. The van der Waals surface area contributed by atoms with E-state index in [4.69, 9.17) is 9.47 Å². The highest BCUT2D eigenvalue weighted by molar-refractivity contribution is 5.90. The number of nitro groups is 1. The molecule has 0 aliphatic heterocycles. The van der Waals surface area contributed by atoms with Crippen molar-refractivity contribution < 1.29 is 24.3 Å². The second-order valence-electron chi connectivity index (χ2n) is 7.00. The summed E-state index contributed by atoms with van der Waals surface area (Å²) in [4.78, 5) is 24.2. The van der Waals surface area contributed by atoms with E-state index in [2.05, 4.69) is 0 Å². The number of aryl methyl sites for hydroxylation is 1.